The number of benzene rings is 2. The molecule has 2 N–H and O–H groups in total. The molecular formula is C15H12Cl2F2N2O. The van der Waals surface area contributed by atoms with E-state index in [0.717, 1.165) is 18.2 Å². The molecule has 0 aliphatic carbocycles. The van der Waals surface area contributed by atoms with Crippen molar-refractivity contribution in [3.63, 3.8) is 0 Å². The fraction of sp³-hybridized carbons (Fsp3) is 0.133. The molecule has 0 atom stereocenters. The summed E-state index contributed by atoms with van der Waals surface area (Å²) in [6, 6.07) is 7.29. The van der Waals surface area contributed by atoms with E-state index >= 15 is 0 Å². The zero-order valence-corrected chi connectivity index (χ0v) is 12.8. The molecule has 22 heavy (non-hydrogen) atoms. The van der Waals surface area contributed by atoms with Crippen LogP contribution in [0.3, 0.4) is 0 Å². The number of carbonyl (C=O) groups is 1. The molecule has 0 aliphatic rings. The van der Waals surface area contributed by atoms with Crippen molar-refractivity contribution in [3.05, 3.63) is 63.6 Å². The first kappa shape index (κ1) is 16.5. The number of urea groups is 1. The lowest BCUT2D eigenvalue weighted by atomic mass is 10.1. The summed E-state index contributed by atoms with van der Waals surface area (Å²) in [5, 5.41) is 5.77. The van der Waals surface area contributed by atoms with Crippen LogP contribution in [0.1, 0.15) is 5.56 Å². The average Bonchev–Trinajstić information content (AvgIpc) is 2.46. The zero-order chi connectivity index (χ0) is 16.1. The van der Waals surface area contributed by atoms with Gasteiger partial charge in [0, 0.05) is 22.7 Å². The second-order valence-corrected chi connectivity index (χ2v) is 5.27. The van der Waals surface area contributed by atoms with E-state index in [9.17, 15) is 13.6 Å². The number of hydrogen-bond donors (Lipinski definition) is 2. The molecule has 0 saturated carbocycles. The highest BCUT2D eigenvalue weighted by molar-refractivity contribution is 6.36. The van der Waals surface area contributed by atoms with Gasteiger partial charge in [0.25, 0.3) is 0 Å². The first-order valence-corrected chi connectivity index (χ1v) is 7.16. The Bertz CT molecular complexity index is 675. The van der Waals surface area contributed by atoms with Crippen LogP contribution in [0.15, 0.2) is 36.4 Å². The van der Waals surface area contributed by atoms with Crippen molar-refractivity contribution in [1.29, 1.82) is 0 Å². The van der Waals surface area contributed by atoms with E-state index in [1.807, 2.05) is 0 Å². The van der Waals surface area contributed by atoms with E-state index in [1.165, 1.54) is 0 Å². The van der Waals surface area contributed by atoms with Crippen LogP contribution in [-0.2, 0) is 6.42 Å². The van der Waals surface area contributed by atoms with Crippen LogP contribution in [0.5, 0.6) is 0 Å². The van der Waals surface area contributed by atoms with E-state index in [0.29, 0.717) is 22.0 Å². The molecule has 0 aromatic heterocycles. The SMILES string of the molecule is O=C(NCCc1c(Cl)cccc1Cl)Nc1cc(F)ccc1F. The maximum absolute atomic E-state index is 13.4. The van der Waals surface area contributed by atoms with Crippen molar-refractivity contribution < 1.29 is 13.6 Å². The van der Waals surface area contributed by atoms with Gasteiger partial charge in [0.1, 0.15) is 11.6 Å². The van der Waals surface area contributed by atoms with Crippen molar-refractivity contribution in [2.75, 3.05) is 11.9 Å². The summed E-state index contributed by atoms with van der Waals surface area (Å²) in [4.78, 5) is 11.7. The van der Waals surface area contributed by atoms with Gasteiger partial charge in [0.15, 0.2) is 0 Å². The lowest BCUT2D eigenvalue weighted by Gasteiger charge is -2.10. The van der Waals surface area contributed by atoms with Crippen LogP contribution in [0.2, 0.25) is 10.0 Å². The van der Waals surface area contributed by atoms with Gasteiger partial charge in [-0.05, 0) is 36.2 Å². The minimum atomic E-state index is -0.717. The maximum atomic E-state index is 13.4. The Morgan fingerprint density at radius 2 is 1.77 bits per heavy atom. The van der Waals surface area contributed by atoms with Crippen molar-refractivity contribution in [3.8, 4) is 0 Å². The van der Waals surface area contributed by atoms with Gasteiger partial charge in [-0.2, -0.15) is 0 Å². The van der Waals surface area contributed by atoms with Crippen molar-refractivity contribution in [2.24, 2.45) is 0 Å². The van der Waals surface area contributed by atoms with E-state index in [-0.39, 0.29) is 12.2 Å². The zero-order valence-electron chi connectivity index (χ0n) is 11.3. The predicted molar refractivity (Wildman–Crippen MR) is 83.5 cm³/mol. The third-order valence-corrected chi connectivity index (χ3v) is 3.61. The third kappa shape index (κ3) is 4.32. The van der Waals surface area contributed by atoms with Crippen LogP contribution < -0.4 is 10.6 Å². The molecule has 0 saturated heterocycles. The van der Waals surface area contributed by atoms with Gasteiger partial charge in [0.2, 0.25) is 0 Å². The molecule has 7 heteroatoms. The fourth-order valence-corrected chi connectivity index (χ4v) is 2.42. The average molecular weight is 345 g/mol. The summed E-state index contributed by atoms with van der Waals surface area (Å²) < 4.78 is 26.4. The summed E-state index contributed by atoms with van der Waals surface area (Å²) in [6.07, 6.45) is 0.414. The van der Waals surface area contributed by atoms with Crippen LogP contribution in [0, 0.1) is 11.6 Å². The van der Waals surface area contributed by atoms with Gasteiger partial charge in [-0.1, -0.05) is 29.3 Å². The van der Waals surface area contributed by atoms with Gasteiger partial charge in [-0.3, -0.25) is 0 Å². The summed E-state index contributed by atoms with van der Waals surface area (Å²) in [6.45, 7) is 0.242. The maximum Gasteiger partial charge on any atom is 0.319 e. The Morgan fingerprint density at radius 3 is 2.45 bits per heavy atom. The standard InChI is InChI=1S/C15H12Cl2F2N2O/c16-11-2-1-3-12(17)10(11)6-7-20-15(22)21-14-8-9(18)4-5-13(14)19/h1-5,8H,6-7H2,(H2,20,21,22). The lowest BCUT2D eigenvalue weighted by Crippen LogP contribution is -2.30. The number of nitrogens with one attached hydrogen (secondary N) is 2. The molecule has 3 nitrogen and oxygen atoms in total. The van der Waals surface area contributed by atoms with E-state index in [2.05, 4.69) is 10.6 Å². The minimum Gasteiger partial charge on any atom is -0.338 e. The lowest BCUT2D eigenvalue weighted by molar-refractivity contribution is 0.252. The molecule has 0 heterocycles. The van der Waals surface area contributed by atoms with Gasteiger partial charge in [0.05, 0.1) is 5.69 Å². The van der Waals surface area contributed by atoms with Crippen molar-refractivity contribution in [1.82, 2.24) is 5.32 Å². The fourth-order valence-electron chi connectivity index (χ4n) is 1.83. The molecule has 2 aromatic carbocycles. The molecule has 0 aliphatic heterocycles. The third-order valence-electron chi connectivity index (χ3n) is 2.90. The molecular weight excluding hydrogens is 333 g/mol. The van der Waals surface area contributed by atoms with E-state index < -0.39 is 17.7 Å². The summed E-state index contributed by atoms with van der Waals surface area (Å²) in [5.41, 5.74) is 0.483. The summed E-state index contributed by atoms with van der Waals surface area (Å²) >= 11 is 12.0. The topological polar surface area (TPSA) is 41.1 Å². The highest BCUT2D eigenvalue weighted by Crippen LogP contribution is 2.24. The van der Waals surface area contributed by atoms with Gasteiger partial charge in [-0.15, -0.1) is 0 Å². The molecule has 2 amide bonds. The monoisotopic (exact) mass is 344 g/mol. The van der Waals surface area contributed by atoms with Gasteiger partial charge in [-0.25, -0.2) is 13.6 Å². The number of rotatable bonds is 4. The number of amides is 2. The Labute approximate surface area is 136 Å². The van der Waals surface area contributed by atoms with E-state index in [4.69, 9.17) is 23.2 Å². The molecule has 116 valence electrons. The number of carbonyl (C=O) groups excluding carboxylic acids is 1. The highest BCUT2D eigenvalue weighted by atomic mass is 35.5. The normalized spacial score (nSPS) is 10.4. The summed E-state index contributed by atoms with van der Waals surface area (Å²) in [5.74, 6) is -1.36. The number of halogens is 4. The molecule has 0 unspecified atom stereocenters. The Kier molecular flexibility index (Phi) is 5.57. The van der Waals surface area contributed by atoms with Gasteiger partial charge < -0.3 is 10.6 Å². The smallest absolute Gasteiger partial charge is 0.319 e. The van der Waals surface area contributed by atoms with Crippen molar-refractivity contribution >= 4 is 34.9 Å². The highest BCUT2D eigenvalue weighted by Gasteiger charge is 2.09. The minimum absolute atomic E-state index is 0.228. The molecule has 2 rings (SSSR count). The first-order chi connectivity index (χ1) is 10.5. The molecule has 0 radical (unpaired) electrons. The van der Waals surface area contributed by atoms with Crippen LogP contribution >= 0.6 is 23.2 Å². The van der Waals surface area contributed by atoms with Crippen LogP contribution in [-0.4, -0.2) is 12.6 Å². The molecule has 0 fully saturated rings. The summed E-state index contributed by atoms with van der Waals surface area (Å²) in [7, 11) is 0. The number of anilines is 1. The first-order valence-electron chi connectivity index (χ1n) is 6.40. The quantitative estimate of drug-likeness (QED) is 0.833. The van der Waals surface area contributed by atoms with Crippen LogP contribution in [0.4, 0.5) is 19.3 Å². The number of hydrogen-bond acceptors (Lipinski definition) is 1. The largest absolute Gasteiger partial charge is 0.338 e. The molecule has 0 bridgehead atoms. The molecule has 2 aromatic rings. The second-order valence-electron chi connectivity index (χ2n) is 4.46. The van der Waals surface area contributed by atoms with Gasteiger partial charge >= 0.3 is 6.03 Å². The Balaban J connectivity index is 1.89. The van der Waals surface area contributed by atoms with E-state index in [1.54, 1.807) is 18.2 Å². The Morgan fingerprint density at radius 1 is 1.09 bits per heavy atom. The van der Waals surface area contributed by atoms with Crippen molar-refractivity contribution in [2.45, 2.75) is 6.42 Å². The predicted octanol–water partition coefficient (Wildman–Crippen LogP) is 4.64. The Hall–Kier alpha value is -1.85. The van der Waals surface area contributed by atoms with Crippen LogP contribution in [0.25, 0.3) is 0 Å². The molecule has 0 spiro atoms. The second kappa shape index (κ2) is 7.42.